The van der Waals surface area contributed by atoms with Gasteiger partial charge in [-0.15, -0.1) is 13.2 Å². The van der Waals surface area contributed by atoms with Gasteiger partial charge < -0.3 is 19.9 Å². The number of halogens is 3. The predicted molar refractivity (Wildman–Crippen MR) is 127 cm³/mol. The van der Waals surface area contributed by atoms with Crippen molar-refractivity contribution in [3.63, 3.8) is 0 Å². The number of pyridine rings is 1. The van der Waals surface area contributed by atoms with E-state index in [4.69, 9.17) is 4.52 Å². The Hall–Kier alpha value is -3.96. The number of alkyl halides is 3. The minimum atomic E-state index is -4.96. The summed E-state index contributed by atoms with van der Waals surface area (Å²) >= 11 is 0. The van der Waals surface area contributed by atoms with Crippen LogP contribution in [-0.2, 0) is 10.2 Å². The monoisotopic (exact) mass is 517 g/mol. The van der Waals surface area contributed by atoms with Gasteiger partial charge >= 0.3 is 6.36 Å². The Labute approximate surface area is 210 Å². The summed E-state index contributed by atoms with van der Waals surface area (Å²) in [5.41, 5.74) is 0.538. The standard InChI is InChI=1S/C25H26F3N5O4/c1-13(30-22(35)20-32-23(37-33-20)24(2,3)4)17-8-7-15(11-18(17)36-25(26,27)28)16-9-10-29-19(12-16)31-21(34)14-5-6-14/h7-14H,5-6H2,1-4H3,(H,30,35)(H,29,31,34)/t13-/m1/s1. The molecule has 1 aromatic carbocycles. The van der Waals surface area contributed by atoms with Crippen molar-refractivity contribution in [3.8, 4) is 16.9 Å². The summed E-state index contributed by atoms with van der Waals surface area (Å²) < 4.78 is 49.2. The molecule has 12 heteroatoms. The Bertz CT molecular complexity index is 1310. The van der Waals surface area contributed by atoms with Crippen molar-refractivity contribution < 1.29 is 32.0 Å². The van der Waals surface area contributed by atoms with Gasteiger partial charge in [0, 0.05) is 23.1 Å². The number of nitrogens with zero attached hydrogens (tertiary/aromatic N) is 3. The van der Waals surface area contributed by atoms with Crippen LogP contribution in [0.15, 0.2) is 41.1 Å². The van der Waals surface area contributed by atoms with Crippen LogP contribution in [0.25, 0.3) is 11.1 Å². The third-order valence-electron chi connectivity index (χ3n) is 5.62. The zero-order valence-electron chi connectivity index (χ0n) is 20.6. The summed E-state index contributed by atoms with van der Waals surface area (Å²) in [6, 6.07) is 6.53. The number of hydrogen-bond donors (Lipinski definition) is 2. The Morgan fingerprint density at radius 1 is 1.11 bits per heavy atom. The van der Waals surface area contributed by atoms with Crippen LogP contribution < -0.4 is 15.4 Å². The van der Waals surface area contributed by atoms with Crippen LogP contribution in [0.4, 0.5) is 19.0 Å². The molecule has 1 atom stereocenters. The van der Waals surface area contributed by atoms with E-state index in [9.17, 15) is 22.8 Å². The topological polar surface area (TPSA) is 119 Å². The summed E-state index contributed by atoms with van der Waals surface area (Å²) in [5.74, 6) is -1.04. The average molecular weight is 518 g/mol. The summed E-state index contributed by atoms with van der Waals surface area (Å²) in [6.45, 7) is 7.01. The Morgan fingerprint density at radius 2 is 1.81 bits per heavy atom. The van der Waals surface area contributed by atoms with Crippen molar-refractivity contribution in [2.24, 2.45) is 5.92 Å². The van der Waals surface area contributed by atoms with Crippen molar-refractivity contribution >= 4 is 17.6 Å². The molecule has 9 nitrogen and oxygen atoms in total. The molecule has 0 aliphatic heterocycles. The molecule has 0 saturated heterocycles. The minimum absolute atomic E-state index is 0.0271. The first-order chi connectivity index (χ1) is 17.3. The highest BCUT2D eigenvalue weighted by Gasteiger charge is 2.34. The molecule has 0 bridgehead atoms. The molecule has 0 spiro atoms. The van der Waals surface area contributed by atoms with Crippen molar-refractivity contribution in [3.05, 3.63) is 53.8 Å². The number of carbonyl (C=O) groups excluding carboxylic acids is 2. The van der Waals surface area contributed by atoms with E-state index < -0.39 is 29.5 Å². The third-order valence-corrected chi connectivity index (χ3v) is 5.62. The maximum Gasteiger partial charge on any atom is 0.573 e. The van der Waals surface area contributed by atoms with Crippen LogP contribution in [0.2, 0.25) is 0 Å². The molecule has 0 radical (unpaired) electrons. The molecular formula is C25H26F3N5O4. The number of amides is 2. The van der Waals surface area contributed by atoms with Crippen LogP contribution in [-0.4, -0.2) is 33.3 Å². The first-order valence-corrected chi connectivity index (χ1v) is 11.6. The van der Waals surface area contributed by atoms with Gasteiger partial charge in [-0.2, -0.15) is 4.98 Å². The predicted octanol–water partition coefficient (Wildman–Crippen LogP) is 5.17. The maximum absolute atomic E-state index is 13.3. The van der Waals surface area contributed by atoms with E-state index in [1.807, 2.05) is 20.8 Å². The fraction of sp³-hybridized carbons (Fsp3) is 0.400. The van der Waals surface area contributed by atoms with Gasteiger partial charge in [-0.05, 0) is 49.1 Å². The van der Waals surface area contributed by atoms with Gasteiger partial charge in [0.2, 0.25) is 11.8 Å². The highest BCUT2D eigenvalue weighted by Crippen LogP contribution is 2.35. The van der Waals surface area contributed by atoms with E-state index in [0.717, 1.165) is 12.8 Å². The Kier molecular flexibility index (Phi) is 6.94. The number of anilines is 1. The molecule has 1 aliphatic rings. The Morgan fingerprint density at radius 3 is 2.43 bits per heavy atom. The van der Waals surface area contributed by atoms with Crippen molar-refractivity contribution in [1.29, 1.82) is 0 Å². The van der Waals surface area contributed by atoms with Crippen molar-refractivity contribution in [1.82, 2.24) is 20.4 Å². The minimum Gasteiger partial charge on any atom is -0.405 e. The lowest BCUT2D eigenvalue weighted by molar-refractivity contribution is -0.274. The van der Waals surface area contributed by atoms with E-state index in [1.54, 1.807) is 18.2 Å². The number of nitrogens with one attached hydrogen (secondary N) is 2. The quantitative estimate of drug-likeness (QED) is 0.444. The first-order valence-electron chi connectivity index (χ1n) is 11.6. The van der Waals surface area contributed by atoms with Gasteiger partial charge in [0.15, 0.2) is 0 Å². The van der Waals surface area contributed by atoms with Crippen molar-refractivity contribution in [2.45, 2.75) is 58.4 Å². The van der Waals surface area contributed by atoms with E-state index >= 15 is 0 Å². The molecule has 1 fully saturated rings. The van der Waals surface area contributed by atoms with Crippen LogP contribution in [0.5, 0.6) is 5.75 Å². The smallest absolute Gasteiger partial charge is 0.405 e. The fourth-order valence-electron chi connectivity index (χ4n) is 3.50. The third kappa shape index (κ3) is 6.63. The number of hydrogen-bond acceptors (Lipinski definition) is 7. The molecule has 196 valence electrons. The normalized spacial score (nSPS) is 14.7. The summed E-state index contributed by atoms with van der Waals surface area (Å²) in [7, 11) is 0. The molecule has 2 N–H and O–H groups in total. The molecule has 2 heterocycles. The molecular weight excluding hydrogens is 491 g/mol. The van der Waals surface area contributed by atoms with Crippen LogP contribution in [0.1, 0.15) is 68.7 Å². The molecule has 2 amide bonds. The molecule has 3 aromatic rings. The number of rotatable bonds is 7. The summed E-state index contributed by atoms with van der Waals surface area (Å²) in [5, 5.41) is 8.96. The van der Waals surface area contributed by atoms with E-state index in [2.05, 4.69) is 30.5 Å². The number of benzene rings is 1. The van der Waals surface area contributed by atoms with Crippen LogP contribution in [0.3, 0.4) is 0 Å². The lowest BCUT2D eigenvalue weighted by atomic mass is 9.97. The van der Waals surface area contributed by atoms with Gasteiger partial charge in [0.25, 0.3) is 11.7 Å². The molecule has 1 aliphatic carbocycles. The zero-order chi connectivity index (χ0) is 27.0. The van der Waals surface area contributed by atoms with Crippen LogP contribution in [0, 0.1) is 5.92 Å². The number of aromatic nitrogens is 3. The summed E-state index contributed by atoms with van der Waals surface area (Å²) in [4.78, 5) is 32.9. The van der Waals surface area contributed by atoms with E-state index in [-0.39, 0.29) is 29.1 Å². The lowest BCUT2D eigenvalue weighted by Gasteiger charge is -2.20. The molecule has 37 heavy (non-hydrogen) atoms. The second kappa shape index (κ2) is 9.83. The zero-order valence-corrected chi connectivity index (χ0v) is 20.6. The summed E-state index contributed by atoms with van der Waals surface area (Å²) in [6.07, 6.45) is -1.86. The highest BCUT2D eigenvalue weighted by atomic mass is 19.4. The van der Waals surface area contributed by atoms with Crippen LogP contribution >= 0.6 is 0 Å². The second-order valence-corrected chi connectivity index (χ2v) is 9.86. The van der Waals surface area contributed by atoms with Gasteiger partial charge in [0.05, 0.1) is 6.04 Å². The van der Waals surface area contributed by atoms with Gasteiger partial charge in [-0.1, -0.05) is 38.1 Å². The number of carbonyl (C=O) groups is 2. The largest absolute Gasteiger partial charge is 0.573 e. The van der Waals surface area contributed by atoms with E-state index in [1.165, 1.54) is 25.3 Å². The average Bonchev–Trinajstić information content (AvgIpc) is 3.53. The van der Waals surface area contributed by atoms with Gasteiger partial charge in [0.1, 0.15) is 11.6 Å². The van der Waals surface area contributed by atoms with Gasteiger partial charge in [-0.3, -0.25) is 9.59 Å². The number of ether oxygens (including phenoxy) is 1. The molecule has 0 unspecified atom stereocenters. The SMILES string of the molecule is C[C@@H](NC(=O)c1noc(C(C)(C)C)n1)c1ccc(-c2ccnc(NC(=O)C3CC3)c2)cc1OC(F)(F)F. The molecule has 2 aromatic heterocycles. The van der Waals surface area contributed by atoms with Crippen molar-refractivity contribution in [2.75, 3.05) is 5.32 Å². The Balaban J connectivity index is 1.58. The molecule has 1 saturated carbocycles. The molecule has 4 rings (SSSR count). The van der Waals surface area contributed by atoms with Gasteiger partial charge in [-0.25, -0.2) is 4.98 Å². The fourth-order valence-corrected chi connectivity index (χ4v) is 3.50. The van der Waals surface area contributed by atoms with E-state index in [0.29, 0.717) is 16.9 Å². The second-order valence-electron chi connectivity index (χ2n) is 9.86. The first kappa shape index (κ1) is 26.1. The maximum atomic E-state index is 13.3. The highest BCUT2D eigenvalue weighted by molar-refractivity contribution is 5.93. The lowest BCUT2D eigenvalue weighted by Crippen LogP contribution is -2.29.